The van der Waals surface area contributed by atoms with Gasteiger partial charge in [-0.15, -0.1) is 6.58 Å². The normalized spacial score (nSPS) is 11.7. The van der Waals surface area contributed by atoms with E-state index in [1.165, 1.54) is 4.31 Å². The van der Waals surface area contributed by atoms with Gasteiger partial charge in [0.1, 0.15) is 0 Å². The minimum absolute atomic E-state index is 0.290. The number of nitrogens with two attached hydrogens (primary N) is 1. The summed E-state index contributed by atoms with van der Waals surface area (Å²) in [5.41, 5.74) is 6.38. The van der Waals surface area contributed by atoms with Crippen LogP contribution in [0.5, 0.6) is 0 Å². The highest BCUT2D eigenvalue weighted by Crippen LogP contribution is 2.16. The van der Waals surface area contributed by atoms with Crippen LogP contribution in [-0.2, 0) is 16.6 Å². The minimum Gasteiger partial charge on any atom is -0.326 e. The van der Waals surface area contributed by atoms with Crippen LogP contribution < -0.4 is 5.73 Å². The molecule has 0 saturated carbocycles. The second-order valence-corrected chi connectivity index (χ2v) is 5.53. The molecule has 0 spiro atoms. The number of hydrogen-bond acceptors (Lipinski definition) is 3. The smallest absolute Gasteiger partial charge is 0.243 e. The minimum atomic E-state index is -3.42. The molecule has 0 fully saturated rings. The highest BCUT2D eigenvalue weighted by molar-refractivity contribution is 7.89. The van der Waals surface area contributed by atoms with Gasteiger partial charge in [0, 0.05) is 19.6 Å². The summed E-state index contributed by atoms with van der Waals surface area (Å²) in [5, 5.41) is 0. The van der Waals surface area contributed by atoms with Crippen molar-refractivity contribution in [1.82, 2.24) is 4.31 Å². The lowest BCUT2D eigenvalue weighted by atomic mass is 10.2. The fourth-order valence-electron chi connectivity index (χ4n) is 1.49. The van der Waals surface area contributed by atoms with Crippen molar-refractivity contribution in [3.05, 3.63) is 42.5 Å². The van der Waals surface area contributed by atoms with Crippen LogP contribution in [0, 0.1) is 0 Å². The zero-order valence-corrected chi connectivity index (χ0v) is 10.8. The molecule has 17 heavy (non-hydrogen) atoms. The molecule has 0 aliphatic rings. The average Bonchev–Trinajstić information content (AvgIpc) is 2.35. The van der Waals surface area contributed by atoms with E-state index in [-0.39, 0.29) is 0 Å². The number of likely N-dealkylation sites (N-methyl/N-ethyl adjacent to an activating group) is 1. The maximum atomic E-state index is 12.2. The van der Waals surface area contributed by atoms with Gasteiger partial charge in [0.2, 0.25) is 10.0 Å². The first-order valence-electron chi connectivity index (χ1n) is 5.46. The van der Waals surface area contributed by atoms with Gasteiger partial charge in [-0.1, -0.05) is 25.1 Å². The van der Waals surface area contributed by atoms with E-state index >= 15 is 0 Å². The van der Waals surface area contributed by atoms with Gasteiger partial charge < -0.3 is 5.73 Å². The molecule has 2 N–H and O–H groups in total. The molecule has 1 aromatic rings. The number of hydrogen-bond donors (Lipinski definition) is 1. The van der Waals surface area contributed by atoms with Crippen molar-refractivity contribution in [1.29, 1.82) is 0 Å². The third-order valence-electron chi connectivity index (χ3n) is 2.48. The van der Waals surface area contributed by atoms with Crippen molar-refractivity contribution in [3.63, 3.8) is 0 Å². The van der Waals surface area contributed by atoms with Crippen LogP contribution in [0.1, 0.15) is 12.5 Å². The fourth-order valence-corrected chi connectivity index (χ4v) is 2.91. The molecule has 0 atom stereocenters. The van der Waals surface area contributed by atoms with Crippen molar-refractivity contribution in [3.8, 4) is 0 Å². The fraction of sp³-hybridized carbons (Fsp3) is 0.333. The predicted octanol–water partition coefficient (Wildman–Crippen LogP) is 1.34. The summed E-state index contributed by atoms with van der Waals surface area (Å²) in [6, 6.07) is 6.63. The largest absolute Gasteiger partial charge is 0.326 e. The molecule has 5 heteroatoms. The Morgan fingerprint density at radius 2 is 1.94 bits per heavy atom. The van der Waals surface area contributed by atoms with E-state index in [1.54, 1.807) is 37.3 Å². The molecule has 0 unspecified atom stereocenters. The Morgan fingerprint density at radius 3 is 2.35 bits per heavy atom. The van der Waals surface area contributed by atoms with E-state index < -0.39 is 10.0 Å². The molecular weight excluding hydrogens is 236 g/mol. The summed E-state index contributed by atoms with van der Waals surface area (Å²) in [5.74, 6) is 0. The summed E-state index contributed by atoms with van der Waals surface area (Å²) in [6.07, 6.45) is 1.58. The Kier molecular flexibility index (Phi) is 4.86. The molecule has 0 heterocycles. The Bertz CT molecular complexity index is 466. The molecule has 1 aromatic carbocycles. The zero-order chi connectivity index (χ0) is 12.9. The zero-order valence-electron chi connectivity index (χ0n) is 9.96. The molecule has 0 bridgehead atoms. The first-order valence-corrected chi connectivity index (χ1v) is 6.90. The van der Waals surface area contributed by atoms with Crippen LogP contribution in [0.3, 0.4) is 0 Å². The molecule has 0 amide bonds. The summed E-state index contributed by atoms with van der Waals surface area (Å²) in [7, 11) is -3.42. The first kappa shape index (κ1) is 13.9. The van der Waals surface area contributed by atoms with Crippen LogP contribution >= 0.6 is 0 Å². The highest BCUT2D eigenvalue weighted by Gasteiger charge is 2.21. The molecule has 0 saturated heterocycles. The SMILES string of the molecule is C=CCN(CC)S(=O)(=O)c1ccc(CN)cc1. The van der Waals surface area contributed by atoms with Crippen LogP contribution in [0.25, 0.3) is 0 Å². The van der Waals surface area contributed by atoms with Crippen molar-refractivity contribution in [2.24, 2.45) is 5.73 Å². The van der Waals surface area contributed by atoms with Gasteiger partial charge in [-0.05, 0) is 17.7 Å². The molecule has 1 rings (SSSR count). The predicted molar refractivity (Wildman–Crippen MR) is 69.0 cm³/mol. The Labute approximate surface area is 103 Å². The second kappa shape index (κ2) is 5.95. The molecular formula is C12H18N2O2S. The maximum absolute atomic E-state index is 12.2. The van der Waals surface area contributed by atoms with Gasteiger partial charge in [-0.25, -0.2) is 8.42 Å². The van der Waals surface area contributed by atoms with Gasteiger partial charge in [-0.2, -0.15) is 4.31 Å². The maximum Gasteiger partial charge on any atom is 0.243 e. The van der Waals surface area contributed by atoms with Gasteiger partial charge in [0.25, 0.3) is 0 Å². The Morgan fingerprint density at radius 1 is 1.35 bits per heavy atom. The topological polar surface area (TPSA) is 63.4 Å². The molecule has 4 nitrogen and oxygen atoms in total. The Hall–Kier alpha value is -1.17. The summed E-state index contributed by atoms with van der Waals surface area (Å²) >= 11 is 0. The van der Waals surface area contributed by atoms with Crippen molar-refractivity contribution < 1.29 is 8.42 Å². The van der Waals surface area contributed by atoms with Crippen molar-refractivity contribution >= 4 is 10.0 Å². The summed E-state index contributed by atoms with van der Waals surface area (Å²) in [6.45, 7) is 6.51. The third-order valence-corrected chi connectivity index (χ3v) is 4.44. The second-order valence-electron chi connectivity index (χ2n) is 3.59. The number of rotatable bonds is 6. The summed E-state index contributed by atoms with van der Waals surface area (Å²) in [4.78, 5) is 0.290. The molecule has 0 radical (unpaired) electrons. The van der Waals surface area contributed by atoms with Crippen LogP contribution in [0.4, 0.5) is 0 Å². The monoisotopic (exact) mass is 254 g/mol. The van der Waals surface area contributed by atoms with Gasteiger partial charge >= 0.3 is 0 Å². The van der Waals surface area contributed by atoms with Crippen molar-refractivity contribution in [2.75, 3.05) is 13.1 Å². The summed E-state index contributed by atoms with van der Waals surface area (Å²) < 4.78 is 25.8. The number of benzene rings is 1. The number of sulfonamides is 1. The van der Waals surface area contributed by atoms with E-state index in [0.717, 1.165) is 5.56 Å². The standard InChI is InChI=1S/C12H18N2O2S/c1-3-9-14(4-2)17(15,16)12-7-5-11(10-13)6-8-12/h3,5-8H,1,4,9-10,13H2,2H3. The van der Waals surface area contributed by atoms with Crippen LogP contribution in [0.2, 0.25) is 0 Å². The molecule has 0 aliphatic carbocycles. The molecule has 94 valence electrons. The third kappa shape index (κ3) is 3.15. The quantitative estimate of drug-likeness (QED) is 0.779. The Balaban J connectivity index is 3.06. The highest BCUT2D eigenvalue weighted by atomic mass is 32.2. The lowest BCUT2D eigenvalue weighted by Gasteiger charge is -2.18. The van der Waals surface area contributed by atoms with E-state index in [1.807, 2.05) is 0 Å². The van der Waals surface area contributed by atoms with Crippen LogP contribution in [-0.4, -0.2) is 25.8 Å². The van der Waals surface area contributed by atoms with Crippen molar-refractivity contribution in [2.45, 2.75) is 18.4 Å². The lowest BCUT2D eigenvalue weighted by Crippen LogP contribution is -2.31. The van der Waals surface area contributed by atoms with Gasteiger partial charge in [0.15, 0.2) is 0 Å². The first-order chi connectivity index (χ1) is 8.06. The molecule has 0 aliphatic heterocycles. The number of nitrogens with zero attached hydrogens (tertiary/aromatic N) is 1. The average molecular weight is 254 g/mol. The van der Waals surface area contributed by atoms with Gasteiger partial charge in [-0.3, -0.25) is 0 Å². The van der Waals surface area contributed by atoms with Crippen LogP contribution in [0.15, 0.2) is 41.8 Å². The van der Waals surface area contributed by atoms with E-state index in [4.69, 9.17) is 5.73 Å². The lowest BCUT2D eigenvalue weighted by molar-refractivity contribution is 0.460. The van der Waals surface area contributed by atoms with Gasteiger partial charge in [0.05, 0.1) is 4.90 Å². The van der Waals surface area contributed by atoms with E-state index in [0.29, 0.717) is 24.5 Å². The van der Waals surface area contributed by atoms with E-state index in [9.17, 15) is 8.42 Å². The molecule has 0 aromatic heterocycles. The van der Waals surface area contributed by atoms with E-state index in [2.05, 4.69) is 6.58 Å².